The van der Waals surface area contributed by atoms with E-state index < -0.39 is 22.8 Å². The van der Waals surface area contributed by atoms with E-state index in [0.29, 0.717) is 11.2 Å². The number of carboxylic acids is 1. The maximum absolute atomic E-state index is 15.0. The molecule has 0 saturated heterocycles. The lowest BCUT2D eigenvalue weighted by Gasteiger charge is -2.26. The number of carboxylic acid groups (broad SMARTS) is 1. The summed E-state index contributed by atoms with van der Waals surface area (Å²) in [5.74, 6) is -1.69. The first-order valence-electron chi connectivity index (χ1n) is 11.3. The van der Waals surface area contributed by atoms with Crippen molar-refractivity contribution in [3.8, 4) is 5.75 Å². The highest BCUT2D eigenvalue weighted by molar-refractivity contribution is 5.84. The molecule has 2 fully saturated rings. The maximum Gasteiger partial charge on any atom is 0.347 e. The molecule has 0 aliphatic heterocycles. The number of rotatable bonds is 6. The number of aliphatic carboxylic acids is 1. The Morgan fingerprint density at radius 3 is 2.42 bits per heavy atom. The summed E-state index contributed by atoms with van der Waals surface area (Å²) >= 11 is 0. The van der Waals surface area contributed by atoms with Gasteiger partial charge in [-0.3, -0.25) is 4.79 Å². The van der Waals surface area contributed by atoms with Gasteiger partial charge in [-0.1, -0.05) is 32.1 Å². The number of benzene rings is 1. The minimum atomic E-state index is -1.57. The number of hydrogen-bond acceptors (Lipinski definition) is 4. The second kappa shape index (κ2) is 8.52. The molecule has 0 bridgehead atoms. The highest BCUT2D eigenvalue weighted by Crippen LogP contribution is 2.35. The number of pyridine rings is 1. The third-order valence-electron chi connectivity index (χ3n) is 6.65. The predicted molar refractivity (Wildman–Crippen MR) is 119 cm³/mol. The Morgan fingerprint density at radius 2 is 1.77 bits per heavy atom. The lowest BCUT2D eigenvalue weighted by Crippen LogP contribution is -2.39. The van der Waals surface area contributed by atoms with E-state index in [9.17, 15) is 14.7 Å². The van der Waals surface area contributed by atoms with Crippen LogP contribution in [0.25, 0.3) is 10.9 Å². The van der Waals surface area contributed by atoms with Gasteiger partial charge in [0, 0.05) is 12.1 Å². The summed E-state index contributed by atoms with van der Waals surface area (Å²) in [6.45, 7) is 2.80. The highest BCUT2D eigenvalue weighted by Gasteiger charge is 2.32. The van der Waals surface area contributed by atoms with Gasteiger partial charge in [0.25, 0.3) is 0 Å². The van der Waals surface area contributed by atoms with E-state index >= 15 is 4.39 Å². The van der Waals surface area contributed by atoms with Crippen molar-refractivity contribution in [2.24, 2.45) is 0 Å². The van der Waals surface area contributed by atoms with Crippen LogP contribution in [-0.4, -0.2) is 27.3 Å². The molecule has 7 heteroatoms. The summed E-state index contributed by atoms with van der Waals surface area (Å²) in [7, 11) is 0. The number of ether oxygens (including phenoxy) is 1. The summed E-state index contributed by atoms with van der Waals surface area (Å²) in [5.41, 5.74) is -0.967. The number of anilines is 1. The standard InChI is InChI=1S/C24H31FN2O4/c1-24(2,23(29)30)31-21-14-27(16-10-6-7-11-16)20-13-19(18(25)12-17(20)22(21)28)26-15-8-4-3-5-9-15/h12-16,26H,3-11H2,1-2H3,(H,29,30). The van der Waals surface area contributed by atoms with Crippen molar-refractivity contribution in [1.82, 2.24) is 4.57 Å². The molecule has 1 aromatic carbocycles. The van der Waals surface area contributed by atoms with Crippen LogP contribution in [0.3, 0.4) is 0 Å². The van der Waals surface area contributed by atoms with Gasteiger partial charge in [-0.25, -0.2) is 9.18 Å². The molecule has 0 radical (unpaired) electrons. The minimum absolute atomic E-state index is 0.0563. The van der Waals surface area contributed by atoms with Gasteiger partial charge >= 0.3 is 5.97 Å². The molecule has 2 N–H and O–H groups in total. The quantitative estimate of drug-likeness (QED) is 0.655. The smallest absolute Gasteiger partial charge is 0.347 e. The average Bonchev–Trinajstić information content (AvgIpc) is 3.26. The minimum Gasteiger partial charge on any atom is -0.478 e. The molecular weight excluding hydrogens is 399 g/mol. The molecule has 0 spiro atoms. The molecule has 2 aliphatic carbocycles. The number of nitrogens with zero attached hydrogens (tertiary/aromatic N) is 1. The van der Waals surface area contributed by atoms with Gasteiger partial charge in [0.15, 0.2) is 11.4 Å². The first-order chi connectivity index (χ1) is 14.8. The molecule has 168 valence electrons. The fourth-order valence-electron chi connectivity index (χ4n) is 4.80. The second-order valence-corrected chi connectivity index (χ2v) is 9.41. The number of halogens is 1. The van der Waals surface area contributed by atoms with Crippen molar-refractivity contribution >= 4 is 22.6 Å². The molecule has 0 atom stereocenters. The van der Waals surface area contributed by atoms with E-state index in [1.807, 2.05) is 4.57 Å². The van der Waals surface area contributed by atoms with Crippen molar-refractivity contribution in [3.05, 3.63) is 34.4 Å². The SMILES string of the molecule is CC(C)(Oc1cn(C2CCCC2)c2cc(NC3CCCCC3)c(F)cc2c1=O)C(=O)O. The topological polar surface area (TPSA) is 80.6 Å². The Bertz CT molecular complexity index is 1030. The summed E-state index contributed by atoms with van der Waals surface area (Å²) < 4.78 is 22.6. The van der Waals surface area contributed by atoms with Gasteiger partial charge in [0.1, 0.15) is 5.82 Å². The molecule has 1 heterocycles. The predicted octanol–water partition coefficient (Wildman–Crippen LogP) is 5.24. The Balaban J connectivity index is 1.82. The number of carbonyl (C=O) groups is 1. The van der Waals surface area contributed by atoms with Crippen LogP contribution >= 0.6 is 0 Å². The summed E-state index contributed by atoms with van der Waals surface area (Å²) in [6, 6.07) is 3.43. The summed E-state index contributed by atoms with van der Waals surface area (Å²) in [4.78, 5) is 24.7. The van der Waals surface area contributed by atoms with Crippen molar-refractivity contribution in [2.75, 3.05) is 5.32 Å². The van der Waals surface area contributed by atoms with E-state index in [1.54, 1.807) is 12.3 Å². The summed E-state index contributed by atoms with van der Waals surface area (Å²) in [6.07, 6.45) is 11.2. The molecule has 6 nitrogen and oxygen atoms in total. The van der Waals surface area contributed by atoms with E-state index in [2.05, 4.69) is 5.32 Å². The zero-order chi connectivity index (χ0) is 22.2. The number of aromatic nitrogens is 1. The largest absolute Gasteiger partial charge is 0.478 e. The Morgan fingerprint density at radius 1 is 1.13 bits per heavy atom. The van der Waals surface area contributed by atoms with Crippen LogP contribution in [0.4, 0.5) is 10.1 Å². The fraction of sp³-hybridized carbons (Fsp3) is 0.583. The summed E-state index contributed by atoms with van der Waals surface area (Å²) in [5, 5.41) is 13.0. The van der Waals surface area contributed by atoms with Gasteiger partial charge in [-0.15, -0.1) is 0 Å². The van der Waals surface area contributed by atoms with Crippen LogP contribution in [0, 0.1) is 5.82 Å². The molecule has 2 aromatic rings. The van der Waals surface area contributed by atoms with E-state index in [0.717, 1.165) is 51.4 Å². The molecule has 31 heavy (non-hydrogen) atoms. The number of fused-ring (bicyclic) bond motifs is 1. The van der Waals surface area contributed by atoms with Gasteiger partial charge < -0.3 is 19.7 Å². The molecular formula is C24H31FN2O4. The Kier molecular flexibility index (Phi) is 5.95. The monoisotopic (exact) mass is 430 g/mol. The normalized spacial score (nSPS) is 18.4. The van der Waals surface area contributed by atoms with E-state index in [1.165, 1.54) is 26.3 Å². The van der Waals surface area contributed by atoms with E-state index in [4.69, 9.17) is 4.74 Å². The molecule has 1 aromatic heterocycles. The first-order valence-corrected chi connectivity index (χ1v) is 11.3. The van der Waals surface area contributed by atoms with Crippen molar-refractivity contribution in [1.29, 1.82) is 0 Å². The molecule has 0 amide bonds. The second-order valence-electron chi connectivity index (χ2n) is 9.41. The lowest BCUT2D eigenvalue weighted by atomic mass is 9.95. The fourth-order valence-corrected chi connectivity index (χ4v) is 4.80. The Labute approximate surface area is 181 Å². The first kappa shape index (κ1) is 21.7. The maximum atomic E-state index is 15.0. The number of nitrogens with one attached hydrogen (secondary N) is 1. The zero-order valence-electron chi connectivity index (χ0n) is 18.2. The van der Waals surface area contributed by atoms with Gasteiger partial charge in [-0.2, -0.15) is 0 Å². The third-order valence-corrected chi connectivity index (χ3v) is 6.65. The molecule has 4 rings (SSSR count). The van der Waals surface area contributed by atoms with Crippen molar-refractivity contribution in [2.45, 2.75) is 89.3 Å². The van der Waals surface area contributed by atoms with Gasteiger partial charge in [-0.05, 0) is 51.7 Å². The molecule has 2 saturated carbocycles. The van der Waals surface area contributed by atoms with Crippen LogP contribution in [0.5, 0.6) is 5.75 Å². The van der Waals surface area contributed by atoms with Crippen molar-refractivity contribution < 1.29 is 19.0 Å². The van der Waals surface area contributed by atoms with Gasteiger partial charge in [0.2, 0.25) is 5.43 Å². The van der Waals surface area contributed by atoms with Crippen LogP contribution in [0.1, 0.15) is 77.7 Å². The lowest BCUT2D eigenvalue weighted by molar-refractivity contribution is -0.152. The van der Waals surface area contributed by atoms with Gasteiger partial charge in [0.05, 0.1) is 22.8 Å². The number of hydrogen-bond donors (Lipinski definition) is 2. The molecule has 2 aliphatic rings. The third kappa shape index (κ3) is 4.41. The van der Waals surface area contributed by atoms with Crippen LogP contribution in [0.2, 0.25) is 0 Å². The van der Waals surface area contributed by atoms with Crippen molar-refractivity contribution in [3.63, 3.8) is 0 Å². The van der Waals surface area contributed by atoms with Crippen LogP contribution < -0.4 is 15.5 Å². The highest BCUT2D eigenvalue weighted by atomic mass is 19.1. The van der Waals surface area contributed by atoms with Crippen LogP contribution in [0.15, 0.2) is 23.1 Å². The van der Waals surface area contributed by atoms with Crippen LogP contribution in [-0.2, 0) is 4.79 Å². The Hall–Kier alpha value is -2.57. The van der Waals surface area contributed by atoms with E-state index in [-0.39, 0.29) is 23.2 Å². The zero-order valence-corrected chi connectivity index (χ0v) is 18.2. The molecule has 0 unspecified atom stereocenters. The average molecular weight is 431 g/mol.